The molecule has 0 spiro atoms. The van der Waals surface area contributed by atoms with Gasteiger partial charge >= 0.3 is 5.69 Å². The van der Waals surface area contributed by atoms with E-state index in [2.05, 4.69) is 10.3 Å². The average molecular weight is 248 g/mol. The fraction of sp³-hybridized carbons (Fsp3) is 0.455. The van der Waals surface area contributed by atoms with Crippen molar-refractivity contribution in [2.24, 2.45) is 0 Å². The molecule has 0 aliphatic carbocycles. The Balaban J connectivity index is 2.16. The highest BCUT2D eigenvalue weighted by Crippen LogP contribution is 2.28. The van der Waals surface area contributed by atoms with Crippen molar-refractivity contribution in [1.29, 1.82) is 5.26 Å². The Hall–Kier alpha value is -2.20. The predicted octanol–water partition coefficient (Wildman–Crippen LogP) is 0.992. The molecule has 7 nitrogen and oxygen atoms in total. The number of ether oxygens (including phenoxy) is 1. The molecule has 0 saturated carbocycles. The first-order chi connectivity index (χ1) is 8.72. The molecule has 1 unspecified atom stereocenters. The summed E-state index contributed by atoms with van der Waals surface area (Å²) in [5.74, 6) is -0.0900. The minimum atomic E-state index is -0.636. The molecule has 1 aliphatic rings. The summed E-state index contributed by atoms with van der Waals surface area (Å²) in [5.41, 5.74) is -0.401. The first-order valence-corrected chi connectivity index (χ1v) is 5.62. The summed E-state index contributed by atoms with van der Waals surface area (Å²) in [6.45, 7) is 1.25. The van der Waals surface area contributed by atoms with E-state index in [1.807, 2.05) is 0 Å². The van der Waals surface area contributed by atoms with Crippen LogP contribution in [0.25, 0.3) is 0 Å². The molecular formula is C11H12N4O3. The van der Waals surface area contributed by atoms with Crippen LogP contribution in [0.1, 0.15) is 18.4 Å². The lowest BCUT2D eigenvalue weighted by atomic mass is 10.2. The second-order valence-corrected chi connectivity index (χ2v) is 3.99. The third-order valence-electron chi connectivity index (χ3n) is 2.78. The van der Waals surface area contributed by atoms with Crippen LogP contribution in [-0.2, 0) is 0 Å². The summed E-state index contributed by atoms with van der Waals surface area (Å²) in [6, 6.07) is 3.26. The van der Waals surface area contributed by atoms with Crippen molar-refractivity contribution >= 4 is 5.69 Å². The minimum absolute atomic E-state index is 0.0376. The number of rotatable bonds is 4. The molecule has 1 atom stereocenters. The molecule has 1 N–H and O–H groups in total. The van der Waals surface area contributed by atoms with E-state index in [0.29, 0.717) is 6.61 Å². The fourth-order valence-corrected chi connectivity index (χ4v) is 1.89. The van der Waals surface area contributed by atoms with E-state index in [9.17, 15) is 10.1 Å². The topological polar surface area (TPSA) is 101 Å². The summed E-state index contributed by atoms with van der Waals surface area (Å²) < 4.78 is 5.36. The molecule has 0 amide bonds. The molecular weight excluding hydrogens is 236 g/mol. The largest absolute Gasteiger partial charge is 0.471 e. The standard InChI is InChI=1S/C11H12N4O3/c12-6-8-3-5-14-11(10(8)15(16)17)18-7-9-2-1-4-13-9/h3,5,9,13H,1-2,4,7H2. The van der Waals surface area contributed by atoms with Crippen molar-refractivity contribution in [3.05, 3.63) is 27.9 Å². The van der Waals surface area contributed by atoms with E-state index in [1.165, 1.54) is 12.3 Å². The normalized spacial score (nSPS) is 18.3. The Kier molecular flexibility index (Phi) is 3.69. The summed E-state index contributed by atoms with van der Waals surface area (Å²) >= 11 is 0. The van der Waals surface area contributed by atoms with Crippen molar-refractivity contribution in [2.45, 2.75) is 18.9 Å². The Bertz CT molecular complexity index is 492. The van der Waals surface area contributed by atoms with Gasteiger partial charge < -0.3 is 10.1 Å². The van der Waals surface area contributed by atoms with Crippen LogP contribution < -0.4 is 10.1 Å². The third-order valence-corrected chi connectivity index (χ3v) is 2.78. The molecule has 0 radical (unpaired) electrons. The van der Waals surface area contributed by atoms with Crippen molar-refractivity contribution < 1.29 is 9.66 Å². The lowest BCUT2D eigenvalue weighted by molar-refractivity contribution is -0.386. The van der Waals surface area contributed by atoms with Gasteiger partial charge in [0, 0.05) is 12.2 Å². The number of pyridine rings is 1. The molecule has 1 aromatic heterocycles. The zero-order valence-corrected chi connectivity index (χ0v) is 9.63. The van der Waals surface area contributed by atoms with Crippen LogP contribution >= 0.6 is 0 Å². The van der Waals surface area contributed by atoms with Gasteiger partial charge in [-0.2, -0.15) is 5.26 Å². The van der Waals surface area contributed by atoms with Gasteiger partial charge in [-0.05, 0) is 25.5 Å². The highest BCUT2D eigenvalue weighted by Gasteiger charge is 2.24. The summed E-state index contributed by atoms with van der Waals surface area (Å²) in [5, 5.41) is 23.0. The summed E-state index contributed by atoms with van der Waals surface area (Å²) in [7, 11) is 0. The lowest BCUT2D eigenvalue weighted by Gasteiger charge is -2.11. The number of nitriles is 1. The van der Waals surface area contributed by atoms with Crippen LogP contribution in [0, 0.1) is 21.4 Å². The quantitative estimate of drug-likeness (QED) is 0.629. The Morgan fingerprint density at radius 1 is 1.72 bits per heavy atom. The smallest absolute Gasteiger partial charge is 0.348 e. The maximum absolute atomic E-state index is 10.9. The van der Waals surface area contributed by atoms with Gasteiger partial charge in [0.2, 0.25) is 0 Å². The van der Waals surface area contributed by atoms with E-state index in [0.717, 1.165) is 19.4 Å². The number of aromatic nitrogens is 1. The highest BCUT2D eigenvalue weighted by atomic mass is 16.6. The molecule has 1 fully saturated rings. The maximum atomic E-state index is 10.9. The highest BCUT2D eigenvalue weighted by molar-refractivity contribution is 5.54. The third kappa shape index (κ3) is 2.55. The van der Waals surface area contributed by atoms with Crippen LogP contribution in [0.4, 0.5) is 5.69 Å². The van der Waals surface area contributed by atoms with Gasteiger partial charge in [-0.1, -0.05) is 0 Å². The predicted molar refractivity (Wildman–Crippen MR) is 62.1 cm³/mol. The van der Waals surface area contributed by atoms with E-state index < -0.39 is 4.92 Å². The van der Waals surface area contributed by atoms with E-state index in [4.69, 9.17) is 10.00 Å². The van der Waals surface area contributed by atoms with Crippen LogP contribution in [0.5, 0.6) is 5.88 Å². The van der Waals surface area contributed by atoms with Crippen LogP contribution in [0.15, 0.2) is 12.3 Å². The Morgan fingerprint density at radius 2 is 2.56 bits per heavy atom. The Morgan fingerprint density at radius 3 is 3.17 bits per heavy atom. The summed E-state index contributed by atoms with van der Waals surface area (Å²) in [6.07, 6.45) is 3.39. The molecule has 7 heteroatoms. The molecule has 2 heterocycles. The molecule has 2 rings (SSSR count). The van der Waals surface area contributed by atoms with Gasteiger partial charge in [-0.3, -0.25) is 10.1 Å². The van der Waals surface area contributed by atoms with E-state index in [1.54, 1.807) is 6.07 Å². The van der Waals surface area contributed by atoms with Crippen molar-refractivity contribution in [3.63, 3.8) is 0 Å². The van der Waals surface area contributed by atoms with Crippen molar-refractivity contribution in [1.82, 2.24) is 10.3 Å². The van der Waals surface area contributed by atoms with Crippen LogP contribution in [0.3, 0.4) is 0 Å². The second-order valence-electron chi connectivity index (χ2n) is 3.99. The van der Waals surface area contributed by atoms with Crippen LogP contribution in [0.2, 0.25) is 0 Å². The molecule has 1 aromatic rings. The molecule has 0 aromatic carbocycles. The van der Waals surface area contributed by atoms with Crippen molar-refractivity contribution in [2.75, 3.05) is 13.2 Å². The zero-order valence-electron chi connectivity index (χ0n) is 9.63. The Labute approximate surface area is 104 Å². The van der Waals surface area contributed by atoms with Crippen LogP contribution in [-0.4, -0.2) is 29.1 Å². The number of nitro groups is 1. The maximum Gasteiger partial charge on any atom is 0.348 e. The van der Waals surface area contributed by atoms with E-state index >= 15 is 0 Å². The van der Waals surface area contributed by atoms with Gasteiger partial charge in [0.05, 0.1) is 4.92 Å². The number of nitrogens with one attached hydrogen (secondary N) is 1. The van der Waals surface area contributed by atoms with Gasteiger partial charge in [0.25, 0.3) is 5.88 Å². The molecule has 18 heavy (non-hydrogen) atoms. The number of hydrogen-bond acceptors (Lipinski definition) is 6. The number of hydrogen-bond donors (Lipinski definition) is 1. The fourth-order valence-electron chi connectivity index (χ4n) is 1.89. The van der Waals surface area contributed by atoms with E-state index in [-0.39, 0.29) is 23.2 Å². The molecule has 1 aliphatic heterocycles. The van der Waals surface area contributed by atoms with Crippen molar-refractivity contribution in [3.8, 4) is 11.9 Å². The monoisotopic (exact) mass is 248 g/mol. The summed E-state index contributed by atoms with van der Waals surface area (Å²) in [4.78, 5) is 14.1. The molecule has 1 saturated heterocycles. The van der Waals surface area contributed by atoms with Gasteiger partial charge in [-0.25, -0.2) is 4.98 Å². The van der Waals surface area contributed by atoms with Gasteiger partial charge in [0.1, 0.15) is 18.2 Å². The molecule has 94 valence electrons. The first kappa shape index (κ1) is 12.3. The minimum Gasteiger partial charge on any atom is -0.471 e. The average Bonchev–Trinajstić information content (AvgIpc) is 2.88. The lowest BCUT2D eigenvalue weighted by Crippen LogP contribution is -2.28. The van der Waals surface area contributed by atoms with Gasteiger partial charge in [0.15, 0.2) is 0 Å². The number of nitrogens with zero attached hydrogens (tertiary/aromatic N) is 3. The first-order valence-electron chi connectivity index (χ1n) is 5.62. The molecule has 0 bridgehead atoms. The second kappa shape index (κ2) is 5.42. The van der Waals surface area contributed by atoms with Gasteiger partial charge in [-0.15, -0.1) is 0 Å². The SMILES string of the molecule is N#Cc1ccnc(OCC2CCCN2)c1[N+](=O)[O-]. The zero-order chi connectivity index (χ0) is 13.0.